The highest BCUT2D eigenvalue weighted by Gasteiger charge is 2.14. The van der Waals surface area contributed by atoms with Crippen LogP contribution in [0, 0.1) is 6.92 Å². The Kier molecular flexibility index (Phi) is 3.25. The summed E-state index contributed by atoms with van der Waals surface area (Å²) in [5, 5.41) is 11.3. The first kappa shape index (κ1) is 12.5. The quantitative estimate of drug-likeness (QED) is 0.780. The molecule has 0 amide bonds. The van der Waals surface area contributed by atoms with Crippen LogP contribution in [-0.4, -0.2) is 10.2 Å². The highest BCUT2D eigenvalue weighted by atomic mass is 16.4. The molecule has 5 nitrogen and oxygen atoms in total. The molecule has 0 aliphatic carbocycles. The van der Waals surface area contributed by atoms with Crippen LogP contribution in [0.15, 0.2) is 51.5 Å². The number of hydrogen-bond acceptors (Lipinski definition) is 5. The lowest BCUT2D eigenvalue weighted by molar-refractivity contribution is 0.490. The van der Waals surface area contributed by atoms with E-state index >= 15 is 0 Å². The summed E-state index contributed by atoms with van der Waals surface area (Å²) >= 11 is 0. The molecule has 20 heavy (non-hydrogen) atoms. The number of rotatable bonds is 4. The van der Waals surface area contributed by atoms with E-state index < -0.39 is 0 Å². The van der Waals surface area contributed by atoms with E-state index in [0.717, 1.165) is 17.0 Å². The van der Waals surface area contributed by atoms with Gasteiger partial charge in [-0.15, -0.1) is 10.2 Å². The summed E-state index contributed by atoms with van der Waals surface area (Å²) in [4.78, 5) is 0. The van der Waals surface area contributed by atoms with Crippen molar-refractivity contribution < 1.29 is 8.83 Å². The van der Waals surface area contributed by atoms with Crippen molar-refractivity contribution in [3.63, 3.8) is 0 Å². The largest absolute Gasteiger partial charge is 0.467 e. The Hall–Kier alpha value is -2.56. The number of aryl methyl sites for hydroxylation is 1. The van der Waals surface area contributed by atoms with E-state index in [1.165, 1.54) is 0 Å². The molecule has 102 valence electrons. The standard InChI is InChI=1S/C15H15N3O2/c1-10(14-8-5-9-19-14)16-13-7-4-3-6-12(13)15-18-17-11(2)20-15/h3-10,16H,1-2H3. The zero-order valence-electron chi connectivity index (χ0n) is 11.3. The molecule has 1 unspecified atom stereocenters. The number of nitrogens with zero attached hydrogens (tertiary/aromatic N) is 2. The van der Waals surface area contributed by atoms with Crippen molar-refractivity contribution in [2.75, 3.05) is 5.32 Å². The molecule has 0 aliphatic rings. The van der Waals surface area contributed by atoms with E-state index in [4.69, 9.17) is 8.83 Å². The van der Waals surface area contributed by atoms with Gasteiger partial charge in [0.1, 0.15) is 5.76 Å². The Bertz CT molecular complexity index is 689. The van der Waals surface area contributed by atoms with Crippen LogP contribution in [0.5, 0.6) is 0 Å². The molecule has 3 rings (SSSR count). The van der Waals surface area contributed by atoms with Gasteiger partial charge in [0.25, 0.3) is 0 Å². The Morgan fingerprint density at radius 3 is 2.65 bits per heavy atom. The third kappa shape index (κ3) is 2.42. The average molecular weight is 269 g/mol. The second-order valence-corrected chi connectivity index (χ2v) is 4.55. The zero-order valence-corrected chi connectivity index (χ0v) is 11.3. The van der Waals surface area contributed by atoms with Gasteiger partial charge < -0.3 is 14.2 Å². The highest BCUT2D eigenvalue weighted by molar-refractivity contribution is 5.72. The summed E-state index contributed by atoms with van der Waals surface area (Å²) in [6.07, 6.45) is 1.67. The van der Waals surface area contributed by atoms with Crippen LogP contribution in [0.2, 0.25) is 0 Å². The molecule has 0 spiro atoms. The van der Waals surface area contributed by atoms with Crippen molar-refractivity contribution in [1.29, 1.82) is 0 Å². The van der Waals surface area contributed by atoms with Crippen molar-refractivity contribution in [2.45, 2.75) is 19.9 Å². The summed E-state index contributed by atoms with van der Waals surface area (Å²) in [6.45, 7) is 3.81. The Morgan fingerprint density at radius 1 is 1.10 bits per heavy atom. The number of para-hydroxylation sites is 1. The molecule has 1 N–H and O–H groups in total. The highest BCUT2D eigenvalue weighted by Crippen LogP contribution is 2.29. The molecule has 0 radical (unpaired) electrons. The van der Waals surface area contributed by atoms with Crippen LogP contribution in [0.1, 0.15) is 24.6 Å². The molecule has 3 aromatic rings. The van der Waals surface area contributed by atoms with Gasteiger partial charge in [0.15, 0.2) is 0 Å². The van der Waals surface area contributed by atoms with Gasteiger partial charge in [0.2, 0.25) is 11.8 Å². The molecular formula is C15H15N3O2. The predicted octanol–water partition coefficient (Wildman–Crippen LogP) is 3.81. The Morgan fingerprint density at radius 2 is 1.95 bits per heavy atom. The Balaban J connectivity index is 1.90. The fourth-order valence-corrected chi connectivity index (χ4v) is 2.04. The third-order valence-electron chi connectivity index (χ3n) is 3.03. The molecule has 1 atom stereocenters. The van der Waals surface area contributed by atoms with Gasteiger partial charge in [-0.1, -0.05) is 12.1 Å². The van der Waals surface area contributed by atoms with Crippen LogP contribution >= 0.6 is 0 Å². The monoisotopic (exact) mass is 269 g/mol. The van der Waals surface area contributed by atoms with Crippen LogP contribution in [0.4, 0.5) is 5.69 Å². The molecule has 2 heterocycles. The normalized spacial score (nSPS) is 12.3. The summed E-state index contributed by atoms with van der Waals surface area (Å²) in [5.41, 5.74) is 1.81. The lowest BCUT2D eigenvalue weighted by atomic mass is 10.1. The molecular weight excluding hydrogens is 254 g/mol. The summed E-state index contributed by atoms with van der Waals surface area (Å²) in [5.74, 6) is 1.94. The molecule has 1 aromatic carbocycles. The van der Waals surface area contributed by atoms with E-state index in [9.17, 15) is 0 Å². The second-order valence-electron chi connectivity index (χ2n) is 4.55. The van der Waals surface area contributed by atoms with E-state index in [1.54, 1.807) is 13.2 Å². The number of benzene rings is 1. The third-order valence-corrected chi connectivity index (χ3v) is 3.03. The first-order chi connectivity index (χ1) is 9.74. The molecule has 0 saturated carbocycles. The van der Waals surface area contributed by atoms with E-state index in [2.05, 4.69) is 15.5 Å². The smallest absolute Gasteiger partial charge is 0.249 e. The fourth-order valence-electron chi connectivity index (χ4n) is 2.04. The summed E-state index contributed by atoms with van der Waals surface area (Å²) in [6, 6.07) is 11.7. The summed E-state index contributed by atoms with van der Waals surface area (Å²) < 4.78 is 10.9. The van der Waals surface area contributed by atoms with Gasteiger partial charge in [0.05, 0.1) is 17.9 Å². The van der Waals surface area contributed by atoms with Gasteiger partial charge >= 0.3 is 0 Å². The topological polar surface area (TPSA) is 64.1 Å². The zero-order chi connectivity index (χ0) is 13.9. The SMILES string of the molecule is Cc1nnc(-c2ccccc2NC(C)c2ccco2)o1. The molecule has 0 aliphatic heterocycles. The van der Waals surface area contributed by atoms with Crippen LogP contribution in [-0.2, 0) is 0 Å². The molecule has 2 aromatic heterocycles. The maximum atomic E-state index is 5.50. The lowest BCUT2D eigenvalue weighted by Crippen LogP contribution is -2.06. The van der Waals surface area contributed by atoms with Crippen molar-refractivity contribution in [3.8, 4) is 11.5 Å². The van der Waals surface area contributed by atoms with Gasteiger partial charge in [-0.3, -0.25) is 0 Å². The summed E-state index contributed by atoms with van der Waals surface area (Å²) in [7, 11) is 0. The molecule has 0 fully saturated rings. The number of hydrogen-bond donors (Lipinski definition) is 1. The van der Waals surface area contributed by atoms with Gasteiger partial charge in [-0.2, -0.15) is 0 Å². The van der Waals surface area contributed by atoms with Crippen molar-refractivity contribution in [1.82, 2.24) is 10.2 Å². The second kappa shape index (κ2) is 5.21. The van der Waals surface area contributed by atoms with Crippen LogP contribution in [0.3, 0.4) is 0 Å². The molecule has 0 bridgehead atoms. The minimum Gasteiger partial charge on any atom is -0.467 e. The van der Waals surface area contributed by atoms with Crippen LogP contribution in [0.25, 0.3) is 11.5 Å². The van der Waals surface area contributed by atoms with Gasteiger partial charge in [0, 0.05) is 12.6 Å². The minimum absolute atomic E-state index is 0.0511. The first-order valence-electron chi connectivity index (χ1n) is 6.43. The number of anilines is 1. The van der Waals surface area contributed by atoms with E-state index in [0.29, 0.717) is 11.8 Å². The van der Waals surface area contributed by atoms with Crippen LogP contribution < -0.4 is 5.32 Å². The van der Waals surface area contributed by atoms with Gasteiger partial charge in [-0.05, 0) is 31.2 Å². The number of nitrogens with one attached hydrogen (secondary N) is 1. The minimum atomic E-state index is 0.0511. The fraction of sp³-hybridized carbons (Fsp3) is 0.200. The lowest BCUT2D eigenvalue weighted by Gasteiger charge is -2.15. The van der Waals surface area contributed by atoms with Crippen molar-refractivity contribution in [3.05, 3.63) is 54.3 Å². The molecule has 5 heteroatoms. The number of furan rings is 1. The average Bonchev–Trinajstić information content (AvgIpc) is 3.10. The van der Waals surface area contributed by atoms with Crippen molar-refractivity contribution >= 4 is 5.69 Å². The number of aromatic nitrogens is 2. The van der Waals surface area contributed by atoms with Gasteiger partial charge in [-0.25, -0.2) is 0 Å². The van der Waals surface area contributed by atoms with Crippen molar-refractivity contribution in [2.24, 2.45) is 0 Å². The molecule has 0 saturated heterocycles. The Labute approximate surface area is 116 Å². The van der Waals surface area contributed by atoms with E-state index in [1.807, 2.05) is 43.3 Å². The van der Waals surface area contributed by atoms with E-state index in [-0.39, 0.29) is 6.04 Å². The maximum absolute atomic E-state index is 5.50. The predicted molar refractivity (Wildman–Crippen MR) is 75.2 cm³/mol. The first-order valence-corrected chi connectivity index (χ1v) is 6.43. The maximum Gasteiger partial charge on any atom is 0.249 e.